The quantitative estimate of drug-likeness (QED) is 0.783. The van der Waals surface area contributed by atoms with E-state index in [0.29, 0.717) is 22.3 Å². The van der Waals surface area contributed by atoms with Crippen molar-refractivity contribution in [1.29, 1.82) is 0 Å². The standard InChI is InChI=1S/C16H22ClN7/c1-11-3-4-12(9-13(11)17)21-15-14(18)16(20-10-19-15)22-24-7-5-23(2)6-8-24/h3-4,9-10H,5-8,18H2,1-2H3,(H2,19,20,21,22). The number of anilines is 4. The van der Waals surface area contributed by atoms with Gasteiger partial charge in [-0.2, -0.15) is 0 Å². The largest absolute Gasteiger partial charge is 0.393 e. The maximum atomic E-state index is 6.22. The van der Waals surface area contributed by atoms with Crippen LogP contribution in [0.25, 0.3) is 0 Å². The molecule has 0 unspecified atom stereocenters. The van der Waals surface area contributed by atoms with Crippen LogP contribution in [0, 0.1) is 6.92 Å². The Bertz CT molecular complexity index is 714. The summed E-state index contributed by atoms with van der Waals surface area (Å²) in [6.45, 7) is 5.80. The van der Waals surface area contributed by atoms with Gasteiger partial charge in [0.2, 0.25) is 0 Å². The second-order valence-electron chi connectivity index (χ2n) is 5.98. The predicted molar refractivity (Wildman–Crippen MR) is 98.6 cm³/mol. The Kier molecular flexibility index (Phi) is 5.03. The minimum absolute atomic E-state index is 0.480. The van der Waals surface area contributed by atoms with E-state index in [1.807, 2.05) is 25.1 Å². The lowest BCUT2D eigenvalue weighted by atomic mass is 10.2. The first-order valence-corrected chi connectivity index (χ1v) is 8.24. The molecule has 1 aromatic heterocycles. The first-order chi connectivity index (χ1) is 11.5. The number of hydrogen-bond donors (Lipinski definition) is 3. The topological polar surface area (TPSA) is 82.3 Å². The van der Waals surface area contributed by atoms with E-state index in [9.17, 15) is 0 Å². The van der Waals surface area contributed by atoms with Gasteiger partial charge in [-0.05, 0) is 31.7 Å². The summed E-state index contributed by atoms with van der Waals surface area (Å²) in [6.07, 6.45) is 1.49. The molecule has 2 heterocycles. The van der Waals surface area contributed by atoms with Gasteiger partial charge in [0.1, 0.15) is 12.0 Å². The minimum atomic E-state index is 0.480. The molecule has 24 heavy (non-hydrogen) atoms. The number of nitrogens with zero attached hydrogens (tertiary/aromatic N) is 4. The van der Waals surface area contributed by atoms with Crippen molar-refractivity contribution in [3.05, 3.63) is 35.1 Å². The first kappa shape index (κ1) is 16.8. The van der Waals surface area contributed by atoms with Crippen LogP contribution in [0.1, 0.15) is 5.56 Å². The third-order valence-electron chi connectivity index (χ3n) is 4.09. The second-order valence-corrected chi connectivity index (χ2v) is 6.38. The zero-order chi connectivity index (χ0) is 17.1. The molecule has 128 valence electrons. The SMILES string of the molecule is Cc1ccc(Nc2ncnc(NN3CCN(C)CC3)c2N)cc1Cl. The number of aryl methyl sites for hydroxylation is 1. The van der Waals surface area contributed by atoms with Gasteiger partial charge in [-0.15, -0.1) is 0 Å². The van der Waals surface area contributed by atoms with Crippen LogP contribution in [0.2, 0.25) is 5.02 Å². The fourth-order valence-electron chi connectivity index (χ4n) is 2.46. The molecule has 3 rings (SSSR count). The van der Waals surface area contributed by atoms with Gasteiger partial charge in [0.15, 0.2) is 11.6 Å². The van der Waals surface area contributed by atoms with Crippen LogP contribution in [-0.2, 0) is 0 Å². The molecular formula is C16H22ClN7. The number of nitrogens with two attached hydrogens (primary N) is 1. The molecule has 0 bridgehead atoms. The van der Waals surface area contributed by atoms with Crippen molar-refractivity contribution in [2.75, 3.05) is 49.7 Å². The number of hydrazine groups is 1. The molecule has 1 saturated heterocycles. The van der Waals surface area contributed by atoms with Gasteiger partial charge >= 0.3 is 0 Å². The van der Waals surface area contributed by atoms with Crippen molar-refractivity contribution in [1.82, 2.24) is 19.9 Å². The van der Waals surface area contributed by atoms with Gasteiger partial charge in [0.05, 0.1) is 0 Å². The highest BCUT2D eigenvalue weighted by atomic mass is 35.5. The number of rotatable bonds is 4. The second kappa shape index (κ2) is 7.21. The maximum Gasteiger partial charge on any atom is 0.169 e. The van der Waals surface area contributed by atoms with Crippen LogP contribution in [0.15, 0.2) is 24.5 Å². The summed E-state index contributed by atoms with van der Waals surface area (Å²) in [5, 5.41) is 6.01. The Hall–Kier alpha value is -2.09. The average Bonchev–Trinajstić information content (AvgIpc) is 2.57. The van der Waals surface area contributed by atoms with Gasteiger partial charge in [-0.25, -0.2) is 15.0 Å². The normalized spacial score (nSPS) is 16.1. The maximum absolute atomic E-state index is 6.22. The van der Waals surface area contributed by atoms with Crippen LogP contribution in [0.4, 0.5) is 23.0 Å². The number of piperazine rings is 1. The molecule has 0 saturated carbocycles. The Morgan fingerprint density at radius 2 is 1.83 bits per heavy atom. The minimum Gasteiger partial charge on any atom is -0.393 e. The highest BCUT2D eigenvalue weighted by Gasteiger charge is 2.16. The van der Waals surface area contributed by atoms with E-state index in [-0.39, 0.29) is 0 Å². The molecule has 1 fully saturated rings. The summed E-state index contributed by atoms with van der Waals surface area (Å²) in [7, 11) is 2.12. The highest BCUT2D eigenvalue weighted by Crippen LogP contribution is 2.28. The monoisotopic (exact) mass is 347 g/mol. The highest BCUT2D eigenvalue weighted by molar-refractivity contribution is 6.31. The number of halogens is 1. The molecule has 0 amide bonds. The van der Waals surface area contributed by atoms with E-state index in [4.69, 9.17) is 17.3 Å². The van der Waals surface area contributed by atoms with Gasteiger partial charge in [-0.3, -0.25) is 0 Å². The van der Waals surface area contributed by atoms with Crippen molar-refractivity contribution in [2.45, 2.75) is 6.92 Å². The average molecular weight is 348 g/mol. The predicted octanol–water partition coefficient (Wildman–Crippen LogP) is 2.34. The number of likely N-dealkylation sites (N-methyl/N-ethyl adjacent to an activating group) is 1. The van der Waals surface area contributed by atoms with E-state index < -0.39 is 0 Å². The zero-order valence-corrected chi connectivity index (χ0v) is 14.6. The van der Waals surface area contributed by atoms with Crippen LogP contribution < -0.4 is 16.5 Å². The van der Waals surface area contributed by atoms with E-state index in [0.717, 1.165) is 37.4 Å². The van der Waals surface area contributed by atoms with E-state index in [1.165, 1.54) is 6.33 Å². The lowest BCUT2D eigenvalue weighted by molar-refractivity contribution is 0.178. The third kappa shape index (κ3) is 3.87. The van der Waals surface area contributed by atoms with Crippen molar-refractivity contribution >= 4 is 34.6 Å². The van der Waals surface area contributed by atoms with Gasteiger partial charge in [0, 0.05) is 36.9 Å². The summed E-state index contributed by atoms with van der Waals surface area (Å²) < 4.78 is 0. The molecule has 0 atom stereocenters. The fraction of sp³-hybridized carbons (Fsp3) is 0.375. The van der Waals surface area contributed by atoms with Crippen molar-refractivity contribution in [3.63, 3.8) is 0 Å². The van der Waals surface area contributed by atoms with Crippen molar-refractivity contribution in [3.8, 4) is 0 Å². The third-order valence-corrected chi connectivity index (χ3v) is 4.49. The van der Waals surface area contributed by atoms with Gasteiger partial charge < -0.3 is 21.4 Å². The molecular weight excluding hydrogens is 326 g/mol. The number of nitrogen functional groups attached to an aromatic ring is 1. The Balaban J connectivity index is 1.74. The van der Waals surface area contributed by atoms with Gasteiger partial charge in [0.25, 0.3) is 0 Å². The van der Waals surface area contributed by atoms with Crippen LogP contribution in [-0.4, -0.2) is 53.1 Å². The van der Waals surface area contributed by atoms with Crippen LogP contribution >= 0.6 is 11.6 Å². The molecule has 8 heteroatoms. The summed E-state index contributed by atoms with van der Waals surface area (Å²) in [6, 6.07) is 5.74. The number of hydrogen-bond acceptors (Lipinski definition) is 7. The van der Waals surface area contributed by atoms with E-state index >= 15 is 0 Å². The molecule has 4 N–H and O–H groups in total. The smallest absolute Gasteiger partial charge is 0.169 e. The molecule has 0 aliphatic carbocycles. The van der Waals surface area contributed by atoms with Crippen LogP contribution in [0.5, 0.6) is 0 Å². The van der Waals surface area contributed by atoms with Crippen LogP contribution in [0.3, 0.4) is 0 Å². The number of nitrogens with one attached hydrogen (secondary N) is 2. The molecule has 0 radical (unpaired) electrons. The van der Waals surface area contributed by atoms with E-state index in [1.54, 1.807) is 0 Å². The molecule has 2 aromatic rings. The fourth-order valence-corrected chi connectivity index (χ4v) is 2.64. The lowest BCUT2D eigenvalue weighted by Gasteiger charge is -2.32. The van der Waals surface area contributed by atoms with E-state index in [2.05, 4.69) is 37.7 Å². The molecule has 1 aliphatic heterocycles. The number of benzene rings is 1. The molecule has 1 aliphatic rings. The van der Waals surface area contributed by atoms with Crippen molar-refractivity contribution in [2.24, 2.45) is 0 Å². The summed E-state index contributed by atoms with van der Waals surface area (Å²) in [4.78, 5) is 10.8. The number of aromatic nitrogens is 2. The Morgan fingerprint density at radius 3 is 2.54 bits per heavy atom. The van der Waals surface area contributed by atoms with Crippen molar-refractivity contribution < 1.29 is 0 Å². The molecule has 7 nitrogen and oxygen atoms in total. The first-order valence-electron chi connectivity index (χ1n) is 7.87. The summed E-state index contributed by atoms with van der Waals surface area (Å²) in [5.74, 6) is 1.16. The van der Waals surface area contributed by atoms with Gasteiger partial charge in [-0.1, -0.05) is 17.7 Å². The zero-order valence-electron chi connectivity index (χ0n) is 13.9. The Morgan fingerprint density at radius 1 is 1.12 bits per heavy atom. The Labute approximate surface area is 146 Å². The molecule has 1 aromatic carbocycles. The summed E-state index contributed by atoms with van der Waals surface area (Å²) in [5.41, 5.74) is 11.8. The summed E-state index contributed by atoms with van der Waals surface area (Å²) >= 11 is 6.16. The lowest BCUT2D eigenvalue weighted by Crippen LogP contribution is -2.47. The molecule has 0 spiro atoms.